The van der Waals surface area contributed by atoms with E-state index in [4.69, 9.17) is 13.8 Å². The zero-order chi connectivity index (χ0) is 6.69. The Labute approximate surface area is 56.5 Å². The van der Waals surface area contributed by atoms with Crippen LogP contribution in [0.15, 0.2) is 24.3 Å². The highest BCUT2D eigenvalue weighted by Crippen LogP contribution is 2.02. The molecule has 0 atom stereocenters. The molecule has 0 nitrogen and oxygen atoms in total. The second kappa shape index (κ2) is 2.67. The van der Waals surface area contributed by atoms with E-state index in [1.807, 2.05) is 24.3 Å². The van der Waals surface area contributed by atoms with Gasteiger partial charge in [0.2, 0.25) is 0 Å². The average Bonchev–Trinajstić information content (AvgIpc) is 1.88. The average molecular weight is 116 g/mol. The van der Waals surface area contributed by atoms with Crippen LogP contribution in [0.1, 0.15) is 11.1 Å². The fourth-order valence-corrected chi connectivity index (χ4v) is 0.720. The fraction of sp³-hybridized carbons (Fsp3) is 0.111. The first-order chi connectivity index (χ1) is 4.33. The molecule has 0 N–H and O–H groups in total. The summed E-state index contributed by atoms with van der Waals surface area (Å²) in [6.45, 7) is 10.8. The third kappa shape index (κ3) is 1.56. The molecule has 44 valence electrons. The molecule has 0 amide bonds. The van der Waals surface area contributed by atoms with E-state index in [-0.39, 0.29) is 0 Å². The van der Waals surface area contributed by atoms with Crippen LogP contribution in [0.2, 0.25) is 0 Å². The highest BCUT2D eigenvalue weighted by atomic mass is 13.9. The quantitative estimate of drug-likeness (QED) is 0.526. The summed E-state index contributed by atoms with van der Waals surface area (Å²) in [5.74, 6) is 0. The molecule has 0 aliphatic heterocycles. The van der Waals surface area contributed by atoms with Gasteiger partial charge in [-0.3, -0.25) is 0 Å². The van der Waals surface area contributed by atoms with Crippen molar-refractivity contribution in [2.24, 2.45) is 0 Å². The number of hydrogen-bond donors (Lipinski definition) is 0. The third-order valence-corrected chi connectivity index (χ3v) is 1.19. The van der Waals surface area contributed by atoms with Gasteiger partial charge in [0, 0.05) is 0 Å². The van der Waals surface area contributed by atoms with Gasteiger partial charge < -0.3 is 0 Å². The molecule has 0 heterocycles. The highest BCUT2D eigenvalue weighted by Gasteiger charge is 1.86. The second-order valence-corrected chi connectivity index (χ2v) is 1.95. The molecule has 0 aliphatic rings. The number of hydrogen-bond acceptors (Lipinski definition) is 0. The number of rotatable bonds is 1. The van der Waals surface area contributed by atoms with Crippen molar-refractivity contribution in [1.29, 1.82) is 0 Å². The minimum atomic E-state index is 0.561. The van der Waals surface area contributed by atoms with Gasteiger partial charge in [-0.1, -0.05) is 24.3 Å². The Kier molecular flexibility index (Phi) is 1.88. The Morgan fingerprint density at radius 2 is 2.11 bits per heavy atom. The summed E-state index contributed by atoms with van der Waals surface area (Å²) in [4.78, 5) is 0. The monoisotopic (exact) mass is 116 g/mol. The summed E-state index contributed by atoms with van der Waals surface area (Å²) < 4.78 is 0. The molecule has 0 heteroatoms. The molecular formula is C9H8. The molecule has 4 radical (unpaired) electrons. The van der Waals surface area contributed by atoms with Crippen LogP contribution >= 0.6 is 0 Å². The van der Waals surface area contributed by atoms with Gasteiger partial charge in [0.25, 0.3) is 0 Å². The molecule has 0 fully saturated rings. The lowest BCUT2D eigenvalue weighted by Crippen LogP contribution is -1.79. The van der Waals surface area contributed by atoms with E-state index in [1.165, 1.54) is 0 Å². The van der Waals surface area contributed by atoms with Gasteiger partial charge in [-0.25, -0.2) is 0 Å². The molecule has 0 saturated heterocycles. The van der Waals surface area contributed by atoms with Crippen LogP contribution in [0.5, 0.6) is 0 Å². The van der Waals surface area contributed by atoms with E-state index >= 15 is 0 Å². The van der Waals surface area contributed by atoms with Crippen molar-refractivity contribution in [2.45, 2.75) is 6.42 Å². The molecule has 0 saturated carbocycles. The third-order valence-electron chi connectivity index (χ3n) is 1.19. The Bertz CT molecular complexity index is 189. The van der Waals surface area contributed by atoms with Crippen LogP contribution in [0, 0.1) is 13.8 Å². The zero-order valence-corrected chi connectivity index (χ0v) is 5.17. The molecule has 1 aromatic rings. The molecular weight excluding hydrogens is 108 g/mol. The molecule has 1 rings (SSSR count). The van der Waals surface area contributed by atoms with Crippen LogP contribution in [0.3, 0.4) is 0 Å². The van der Waals surface area contributed by atoms with E-state index < -0.39 is 0 Å². The van der Waals surface area contributed by atoms with Crippen molar-refractivity contribution in [3.8, 4) is 0 Å². The van der Waals surface area contributed by atoms with Crippen molar-refractivity contribution in [2.75, 3.05) is 0 Å². The highest BCUT2D eigenvalue weighted by molar-refractivity contribution is 5.25. The first-order valence-electron chi connectivity index (χ1n) is 2.87. The van der Waals surface area contributed by atoms with Crippen molar-refractivity contribution >= 4 is 0 Å². The van der Waals surface area contributed by atoms with Crippen molar-refractivity contribution in [1.82, 2.24) is 0 Å². The Morgan fingerprint density at radius 1 is 1.33 bits per heavy atom. The van der Waals surface area contributed by atoms with Gasteiger partial charge in [-0.05, 0) is 31.4 Å². The maximum atomic E-state index is 5.48. The predicted octanol–water partition coefficient (Wildman–Crippen LogP) is 2.00. The summed E-state index contributed by atoms with van der Waals surface area (Å²) in [6.07, 6.45) is 0.561. The summed E-state index contributed by atoms with van der Waals surface area (Å²) in [5.41, 5.74) is 1.85. The Morgan fingerprint density at radius 3 is 2.56 bits per heavy atom. The number of benzene rings is 1. The Hall–Kier alpha value is -0.780. The van der Waals surface area contributed by atoms with Crippen LogP contribution in [-0.2, 0) is 6.42 Å². The van der Waals surface area contributed by atoms with Crippen molar-refractivity contribution in [3.05, 3.63) is 49.2 Å². The lowest BCUT2D eigenvalue weighted by atomic mass is 10.1. The minimum Gasteiger partial charge on any atom is -0.0617 e. The lowest BCUT2D eigenvalue weighted by molar-refractivity contribution is 1.26. The second-order valence-electron chi connectivity index (χ2n) is 1.95. The summed E-state index contributed by atoms with van der Waals surface area (Å²) >= 11 is 0. The van der Waals surface area contributed by atoms with Crippen molar-refractivity contribution in [3.63, 3.8) is 0 Å². The predicted molar refractivity (Wildman–Crippen MR) is 37.8 cm³/mol. The topological polar surface area (TPSA) is 0 Å². The van der Waals surface area contributed by atoms with E-state index in [2.05, 4.69) is 0 Å². The minimum absolute atomic E-state index is 0.561. The van der Waals surface area contributed by atoms with Crippen molar-refractivity contribution < 1.29 is 0 Å². The smallest absolute Gasteiger partial charge is 0.00119 e. The maximum Gasteiger partial charge on any atom is -0.00119 e. The van der Waals surface area contributed by atoms with E-state index in [1.54, 1.807) is 0 Å². The largest absolute Gasteiger partial charge is 0.0617 e. The SMILES string of the molecule is [CH]Cc1cccc([CH])c1. The molecule has 0 bridgehead atoms. The maximum absolute atomic E-state index is 5.48. The van der Waals surface area contributed by atoms with Crippen LogP contribution in [0.25, 0.3) is 0 Å². The van der Waals surface area contributed by atoms with Gasteiger partial charge in [0.15, 0.2) is 0 Å². The van der Waals surface area contributed by atoms with Gasteiger partial charge in [0.1, 0.15) is 0 Å². The molecule has 9 heavy (non-hydrogen) atoms. The summed E-state index contributed by atoms with van der Waals surface area (Å²) in [7, 11) is 0. The van der Waals surface area contributed by atoms with E-state index in [0.29, 0.717) is 6.42 Å². The standard InChI is InChI=1S/C9H8/c1-3-9-6-4-5-8(2)7-9/h1-2,4-7H,3H2. The van der Waals surface area contributed by atoms with Crippen LogP contribution in [-0.4, -0.2) is 0 Å². The van der Waals surface area contributed by atoms with Gasteiger partial charge in [0.05, 0.1) is 0 Å². The van der Waals surface area contributed by atoms with Crippen LogP contribution in [0.4, 0.5) is 0 Å². The molecule has 0 unspecified atom stereocenters. The molecule has 0 spiro atoms. The summed E-state index contributed by atoms with van der Waals surface area (Å²) in [6, 6.07) is 7.58. The van der Waals surface area contributed by atoms with Gasteiger partial charge in [-0.15, -0.1) is 0 Å². The normalized spacial score (nSPS) is 9.56. The van der Waals surface area contributed by atoms with E-state index in [0.717, 1.165) is 11.1 Å². The molecule has 1 aromatic carbocycles. The molecule has 0 aromatic heterocycles. The first kappa shape index (κ1) is 6.34. The van der Waals surface area contributed by atoms with Crippen LogP contribution < -0.4 is 0 Å². The lowest BCUT2D eigenvalue weighted by Gasteiger charge is -1.94. The summed E-state index contributed by atoms with van der Waals surface area (Å²) in [5, 5.41) is 0. The molecule has 0 aliphatic carbocycles. The Balaban J connectivity index is 2.94. The first-order valence-corrected chi connectivity index (χ1v) is 2.87. The van der Waals surface area contributed by atoms with Gasteiger partial charge >= 0.3 is 0 Å². The zero-order valence-electron chi connectivity index (χ0n) is 5.17. The van der Waals surface area contributed by atoms with Gasteiger partial charge in [-0.2, -0.15) is 0 Å². The van der Waals surface area contributed by atoms with E-state index in [9.17, 15) is 0 Å². The fourth-order valence-electron chi connectivity index (χ4n) is 0.720.